The molecule has 18 heavy (non-hydrogen) atoms. The number of anilines is 2. The van der Waals surface area contributed by atoms with E-state index in [1.54, 1.807) is 14.0 Å². The number of rotatable bonds is 4. The van der Waals surface area contributed by atoms with Gasteiger partial charge in [-0.1, -0.05) is 12.1 Å². The molecule has 1 aromatic carbocycles. The SMILES string of the molecule is COCc1ccc(Nc2nc(C)cc(=O)[nH]2)cc1. The molecule has 0 aliphatic heterocycles. The standard InChI is InChI=1S/C13H15N3O2/c1-9-7-12(17)16-13(14-9)15-11-5-3-10(4-6-11)8-18-2/h3-7H,8H2,1-2H3,(H2,14,15,16,17). The number of methoxy groups -OCH3 is 1. The lowest BCUT2D eigenvalue weighted by Crippen LogP contribution is -2.10. The zero-order valence-electron chi connectivity index (χ0n) is 10.4. The van der Waals surface area contributed by atoms with Crippen LogP contribution in [0.4, 0.5) is 11.6 Å². The van der Waals surface area contributed by atoms with Crippen LogP contribution in [-0.2, 0) is 11.3 Å². The maximum Gasteiger partial charge on any atom is 0.252 e. The number of nitrogens with zero attached hydrogens (tertiary/aromatic N) is 1. The van der Waals surface area contributed by atoms with Gasteiger partial charge in [0.05, 0.1) is 6.61 Å². The Kier molecular flexibility index (Phi) is 3.74. The second kappa shape index (κ2) is 5.46. The maximum atomic E-state index is 11.3. The number of aromatic nitrogens is 2. The van der Waals surface area contributed by atoms with Gasteiger partial charge >= 0.3 is 0 Å². The van der Waals surface area contributed by atoms with Crippen LogP contribution in [0.3, 0.4) is 0 Å². The van der Waals surface area contributed by atoms with Crippen LogP contribution in [0.1, 0.15) is 11.3 Å². The Hall–Kier alpha value is -2.14. The summed E-state index contributed by atoms with van der Waals surface area (Å²) in [5.41, 5.74) is 2.47. The third kappa shape index (κ3) is 3.18. The molecule has 5 heteroatoms. The monoisotopic (exact) mass is 245 g/mol. The Morgan fingerprint density at radius 3 is 2.67 bits per heavy atom. The Morgan fingerprint density at radius 2 is 2.06 bits per heavy atom. The van der Waals surface area contributed by atoms with Crippen molar-refractivity contribution in [2.24, 2.45) is 0 Å². The smallest absolute Gasteiger partial charge is 0.252 e. The van der Waals surface area contributed by atoms with E-state index in [9.17, 15) is 4.79 Å². The summed E-state index contributed by atoms with van der Waals surface area (Å²) in [6.45, 7) is 2.36. The summed E-state index contributed by atoms with van der Waals surface area (Å²) in [7, 11) is 1.66. The minimum atomic E-state index is -0.166. The molecule has 0 saturated heterocycles. The third-order valence-electron chi connectivity index (χ3n) is 2.40. The highest BCUT2D eigenvalue weighted by Crippen LogP contribution is 2.13. The van der Waals surface area contributed by atoms with E-state index < -0.39 is 0 Å². The number of hydrogen-bond acceptors (Lipinski definition) is 4. The van der Waals surface area contributed by atoms with Crippen molar-refractivity contribution in [3.05, 3.63) is 51.9 Å². The van der Waals surface area contributed by atoms with Crippen molar-refractivity contribution in [2.75, 3.05) is 12.4 Å². The molecule has 0 aliphatic rings. The number of ether oxygens (including phenoxy) is 1. The van der Waals surface area contributed by atoms with E-state index in [-0.39, 0.29) is 5.56 Å². The van der Waals surface area contributed by atoms with Crippen molar-refractivity contribution in [3.63, 3.8) is 0 Å². The van der Waals surface area contributed by atoms with Crippen LogP contribution in [0.25, 0.3) is 0 Å². The first kappa shape index (κ1) is 12.3. The molecular weight excluding hydrogens is 230 g/mol. The van der Waals surface area contributed by atoms with Crippen LogP contribution >= 0.6 is 0 Å². The first-order valence-corrected chi connectivity index (χ1v) is 5.60. The highest BCUT2D eigenvalue weighted by Gasteiger charge is 1.99. The van der Waals surface area contributed by atoms with Gasteiger partial charge in [-0.25, -0.2) is 4.98 Å². The topological polar surface area (TPSA) is 67.0 Å². The zero-order valence-corrected chi connectivity index (χ0v) is 10.4. The predicted octanol–water partition coefficient (Wildman–Crippen LogP) is 1.97. The van der Waals surface area contributed by atoms with Crippen LogP contribution in [0.5, 0.6) is 0 Å². The van der Waals surface area contributed by atoms with Crippen molar-refractivity contribution in [1.29, 1.82) is 0 Å². The van der Waals surface area contributed by atoms with Crippen LogP contribution in [0, 0.1) is 6.92 Å². The summed E-state index contributed by atoms with van der Waals surface area (Å²) >= 11 is 0. The number of benzene rings is 1. The minimum absolute atomic E-state index is 0.166. The summed E-state index contributed by atoms with van der Waals surface area (Å²) < 4.78 is 5.04. The van der Waals surface area contributed by atoms with Gasteiger partial charge in [0.2, 0.25) is 5.95 Å². The van der Waals surface area contributed by atoms with Crippen molar-refractivity contribution in [1.82, 2.24) is 9.97 Å². The zero-order chi connectivity index (χ0) is 13.0. The molecule has 2 aromatic rings. The van der Waals surface area contributed by atoms with Gasteiger partial charge in [0.25, 0.3) is 5.56 Å². The molecule has 0 radical (unpaired) electrons. The summed E-state index contributed by atoms with van der Waals surface area (Å²) in [5.74, 6) is 0.444. The van der Waals surface area contributed by atoms with Crippen LogP contribution < -0.4 is 10.9 Å². The summed E-state index contributed by atoms with van der Waals surface area (Å²) in [6, 6.07) is 9.19. The normalized spacial score (nSPS) is 10.3. The molecule has 94 valence electrons. The molecule has 0 aliphatic carbocycles. The maximum absolute atomic E-state index is 11.3. The molecule has 0 atom stereocenters. The van der Waals surface area contributed by atoms with Gasteiger partial charge in [-0.15, -0.1) is 0 Å². The molecule has 1 heterocycles. The van der Waals surface area contributed by atoms with E-state index >= 15 is 0 Å². The van der Waals surface area contributed by atoms with Crippen LogP contribution in [-0.4, -0.2) is 17.1 Å². The van der Waals surface area contributed by atoms with Gasteiger partial charge in [0, 0.05) is 24.6 Å². The number of aromatic amines is 1. The van der Waals surface area contributed by atoms with Gasteiger partial charge in [-0.2, -0.15) is 0 Å². The lowest BCUT2D eigenvalue weighted by atomic mass is 10.2. The average molecular weight is 245 g/mol. The van der Waals surface area contributed by atoms with Crippen LogP contribution in [0.2, 0.25) is 0 Å². The molecule has 2 N–H and O–H groups in total. The lowest BCUT2D eigenvalue weighted by molar-refractivity contribution is 0.185. The average Bonchev–Trinajstić information content (AvgIpc) is 2.31. The molecule has 0 amide bonds. The molecule has 2 rings (SSSR count). The van der Waals surface area contributed by atoms with Gasteiger partial charge in [-0.3, -0.25) is 9.78 Å². The first-order chi connectivity index (χ1) is 8.67. The van der Waals surface area contributed by atoms with E-state index in [1.807, 2.05) is 24.3 Å². The fourth-order valence-corrected chi connectivity index (χ4v) is 1.63. The van der Waals surface area contributed by atoms with Gasteiger partial charge in [0.1, 0.15) is 0 Å². The van der Waals surface area contributed by atoms with Gasteiger partial charge < -0.3 is 10.1 Å². The van der Waals surface area contributed by atoms with E-state index in [1.165, 1.54) is 6.07 Å². The van der Waals surface area contributed by atoms with Crippen molar-refractivity contribution < 1.29 is 4.74 Å². The second-order valence-electron chi connectivity index (χ2n) is 3.99. The second-order valence-corrected chi connectivity index (χ2v) is 3.99. The summed E-state index contributed by atoms with van der Waals surface area (Å²) in [6.07, 6.45) is 0. The molecule has 0 saturated carbocycles. The van der Waals surface area contributed by atoms with Crippen molar-refractivity contribution in [3.8, 4) is 0 Å². The fraction of sp³-hybridized carbons (Fsp3) is 0.231. The molecule has 5 nitrogen and oxygen atoms in total. The highest BCUT2D eigenvalue weighted by molar-refractivity contribution is 5.53. The highest BCUT2D eigenvalue weighted by atomic mass is 16.5. The van der Waals surface area contributed by atoms with E-state index in [0.29, 0.717) is 18.2 Å². The lowest BCUT2D eigenvalue weighted by Gasteiger charge is -2.06. The minimum Gasteiger partial charge on any atom is -0.380 e. The third-order valence-corrected chi connectivity index (χ3v) is 2.40. The van der Waals surface area contributed by atoms with E-state index in [2.05, 4.69) is 15.3 Å². The predicted molar refractivity (Wildman–Crippen MR) is 70.0 cm³/mol. The Balaban J connectivity index is 2.15. The number of aryl methyl sites for hydroxylation is 1. The molecule has 0 bridgehead atoms. The fourth-order valence-electron chi connectivity index (χ4n) is 1.63. The summed E-state index contributed by atoms with van der Waals surface area (Å²) in [5, 5.41) is 3.05. The number of H-pyrrole nitrogens is 1. The molecule has 0 spiro atoms. The molecular formula is C13H15N3O2. The number of nitrogens with one attached hydrogen (secondary N) is 2. The van der Waals surface area contributed by atoms with Crippen molar-refractivity contribution >= 4 is 11.6 Å². The first-order valence-electron chi connectivity index (χ1n) is 5.60. The van der Waals surface area contributed by atoms with Crippen LogP contribution in [0.15, 0.2) is 35.1 Å². The van der Waals surface area contributed by atoms with Crippen molar-refractivity contribution in [2.45, 2.75) is 13.5 Å². The molecule has 0 unspecified atom stereocenters. The Morgan fingerprint density at radius 1 is 1.33 bits per heavy atom. The van der Waals surface area contributed by atoms with Gasteiger partial charge in [0.15, 0.2) is 0 Å². The quantitative estimate of drug-likeness (QED) is 0.864. The Labute approximate surface area is 105 Å². The Bertz CT molecular complexity index is 576. The largest absolute Gasteiger partial charge is 0.380 e. The van der Waals surface area contributed by atoms with E-state index in [4.69, 9.17) is 4.74 Å². The van der Waals surface area contributed by atoms with E-state index in [0.717, 1.165) is 11.3 Å². The summed E-state index contributed by atoms with van der Waals surface area (Å²) in [4.78, 5) is 18.1. The molecule has 1 aromatic heterocycles. The van der Waals surface area contributed by atoms with Gasteiger partial charge in [-0.05, 0) is 24.6 Å². The number of hydrogen-bond donors (Lipinski definition) is 2. The molecule has 0 fully saturated rings.